The van der Waals surface area contributed by atoms with Gasteiger partial charge in [0.25, 0.3) is 0 Å². The number of fused-ring (bicyclic) bond motifs is 1. The number of nitrogens with zero attached hydrogens (tertiary/aromatic N) is 1. The minimum atomic E-state index is -1.38. The molecule has 0 radical (unpaired) electrons. The van der Waals surface area contributed by atoms with Crippen LogP contribution >= 0.6 is 0 Å². The summed E-state index contributed by atoms with van der Waals surface area (Å²) in [5.41, 5.74) is -0.523. The Balaban J connectivity index is 2.79. The first-order valence-corrected chi connectivity index (χ1v) is 3.93. The van der Waals surface area contributed by atoms with Crippen LogP contribution in [0.25, 0.3) is 10.9 Å². The summed E-state index contributed by atoms with van der Waals surface area (Å²) in [6.45, 7) is 0. The van der Waals surface area contributed by atoms with E-state index in [1.165, 1.54) is 18.6 Å². The SMILES string of the molecule is O=C(O)c1cc2cocc2nc1C(=O)O. The van der Waals surface area contributed by atoms with Crippen molar-refractivity contribution < 1.29 is 24.2 Å². The van der Waals surface area contributed by atoms with Crippen LogP contribution in [0.1, 0.15) is 20.8 Å². The molecule has 0 atom stereocenters. The van der Waals surface area contributed by atoms with Gasteiger partial charge in [-0.25, -0.2) is 14.6 Å². The van der Waals surface area contributed by atoms with Gasteiger partial charge in [0.2, 0.25) is 0 Å². The summed E-state index contributed by atoms with van der Waals surface area (Å²) < 4.78 is 4.79. The Hall–Kier alpha value is -2.37. The van der Waals surface area contributed by atoms with Gasteiger partial charge in [0.15, 0.2) is 5.69 Å². The topological polar surface area (TPSA) is 101 Å². The molecule has 0 aliphatic heterocycles. The Morgan fingerprint density at radius 3 is 2.53 bits per heavy atom. The first kappa shape index (κ1) is 9.20. The second kappa shape index (κ2) is 3.09. The van der Waals surface area contributed by atoms with Crippen molar-refractivity contribution in [3.05, 3.63) is 29.9 Å². The molecule has 0 aliphatic rings. The molecule has 2 aromatic heterocycles. The highest BCUT2D eigenvalue weighted by molar-refractivity contribution is 6.03. The summed E-state index contributed by atoms with van der Waals surface area (Å²) in [4.78, 5) is 25.2. The zero-order chi connectivity index (χ0) is 11.0. The maximum Gasteiger partial charge on any atom is 0.355 e. The lowest BCUT2D eigenvalue weighted by Gasteiger charge is -1.99. The van der Waals surface area contributed by atoms with Gasteiger partial charge in [0.1, 0.15) is 11.8 Å². The highest BCUT2D eigenvalue weighted by Crippen LogP contribution is 2.17. The molecule has 2 aromatic rings. The largest absolute Gasteiger partial charge is 0.478 e. The van der Waals surface area contributed by atoms with E-state index in [0.717, 1.165) is 0 Å². The lowest BCUT2D eigenvalue weighted by atomic mass is 10.1. The van der Waals surface area contributed by atoms with Gasteiger partial charge in [-0.3, -0.25) is 0 Å². The van der Waals surface area contributed by atoms with E-state index in [0.29, 0.717) is 10.9 Å². The molecular formula is C9H5NO5. The van der Waals surface area contributed by atoms with Crippen LogP contribution in [-0.4, -0.2) is 27.1 Å². The molecule has 0 amide bonds. The van der Waals surface area contributed by atoms with E-state index < -0.39 is 17.6 Å². The molecule has 15 heavy (non-hydrogen) atoms. The second-order valence-corrected chi connectivity index (χ2v) is 2.84. The third-order valence-electron chi connectivity index (χ3n) is 1.89. The molecule has 2 N–H and O–H groups in total. The molecule has 0 saturated carbocycles. The summed E-state index contributed by atoms with van der Waals surface area (Å²) >= 11 is 0. The minimum absolute atomic E-state index is 0.317. The smallest absolute Gasteiger partial charge is 0.355 e. The van der Waals surface area contributed by atoms with Crippen molar-refractivity contribution in [3.63, 3.8) is 0 Å². The standard InChI is InChI=1S/C9H5NO5/c11-8(12)5-1-4-2-15-3-6(4)10-7(5)9(13)14/h1-3H,(H,11,12)(H,13,14). The van der Waals surface area contributed by atoms with Crippen molar-refractivity contribution in [1.29, 1.82) is 0 Å². The number of carboxylic acid groups (broad SMARTS) is 2. The molecule has 0 unspecified atom stereocenters. The van der Waals surface area contributed by atoms with Gasteiger partial charge in [-0.1, -0.05) is 0 Å². The quantitative estimate of drug-likeness (QED) is 0.767. The van der Waals surface area contributed by atoms with Crippen molar-refractivity contribution >= 4 is 22.8 Å². The van der Waals surface area contributed by atoms with Gasteiger partial charge in [-0.2, -0.15) is 0 Å². The minimum Gasteiger partial charge on any atom is -0.478 e. The van der Waals surface area contributed by atoms with Gasteiger partial charge in [-0.15, -0.1) is 0 Å². The molecule has 76 valence electrons. The average molecular weight is 207 g/mol. The van der Waals surface area contributed by atoms with Crippen LogP contribution in [0.3, 0.4) is 0 Å². The van der Waals surface area contributed by atoms with Crippen LogP contribution in [-0.2, 0) is 0 Å². The maximum atomic E-state index is 10.8. The van der Waals surface area contributed by atoms with E-state index >= 15 is 0 Å². The summed E-state index contributed by atoms with van der Waals surface area (Å²) in [6, 6.07) is 1.22. The van der Waals surface area contributed by atoms with Gasteiger partial charge in [0, 0.05) is 5.39 Å². The lowest BCUT2D eigenvalue weighted by molar-refractivity contribution is 0.0647. The monoisotopic (exact) mass is 207 g/mol. The van der Waals surface area contributed by atoms with E-state index in [1.807, 2.05) is 0 Å². The number of hydrogen-bond acceptors (Lipinski definition) is 4. The van der Waals surface area contributed by atoms with Crippen molar-refractivity contribution in [2.24, 2.45) is 0 Å². The maximum absolute atomic E-state index is 10.8. The summed E-state index contributed by atoms with van der Waals surface area (Å²) in [7, 11) is 0. The Morgan fingerprint density at radius 1 is 1.20 bits per heavy atom. The fraction of sp³-hybridized carbons (Fsp3) is 0. The zero-order valence-electron chi connectivity index (χ0n) is 7.30. The predicted octanol–water partition coefficient (Wildman–Crippen LogP) is 1.22. The molecule has 0 spiro atoms. The normalized spacial score (nSPS) is 10.4. The molecule has 2 rings (SSSR count). The van der Waals surface area contributed by atoms with Gasteiger partial charge >= 0.3 is 11.9 Å². The molecule has 0 saturated heterocycles. The fourth-order valence-corrected chi connectivity index (χ4v) is 1.23. The number of carbonyl (C=O) groups is 2. The molecule has 0 bridgehead atoms. The molecule has 0 aromatic carbocycles. The Labute approximate surface area is 82.8 Å². The van der Waals surface area contributed by atoms with E-state index in [2.05, 4.69) is 4.98 Å². The van der Waals surface area contributed by atoms with Crippen molar-refractivity contribution in [3.8, 4) is 0 Å². The average Bonchev–Trinajstić information content (AvgIpc) is 2.61. The number of carboxylic acids is 2. The van der Waals surface area contributed by atoms with Crippen LogP contribution < -0.4 is 0 Å². The number of furan rings is 1. The number of rotatable bonds is 2. The highest BCUT2D eigenvalue weighted by Gasteiger charge is 2.19. The fourth-order valence-electron chi connectivity index (χ4n) is 1.23. The van der Waals surface area contributed by atoms with E-state index in [9.17, 15) is 9.59 Å². The molecule has 0 fully saturated rings. The van der Waals surface area contributed by atoms with E-state index in [-0.39, 0.29) is 5.56 Å². The van der Waals surface area contributed by atoms with Crippen LogP contribution in [0.5, 0.6) is 0 Å². The van der Waals surface area contributed by atoms with Gasteiger partial charge < -0.3 is 14.6 Å². The van der Waals surface area contributed by atoms with Crippen LogP contribution in [0.4, 0.5) is 0 Å². The summed E-state index contributed by atoms with van der Waals surface area (Å²) in [5, 5.41) is 18.0. The van der Waals surface area contributed by atoms with Gasteiger partial charge in [0.05, 0.1) is 11.8 Å². The molecule has 0 aliphatic carbocycles. The summed E-state index contributed by atoms with van der Waals surface area (Å²) in [5.74, 6) is -2.71. The van der Waals surface area contributed by atoms with E-state index in [4.69, 9.17) is 14.6 Å². The molecular weight excluding hydrogens is 202 g/mol. The van der Waals surface area contributed by atoms with Crippen LogP contribution in [0, 0.1) is 0 Å². The van der Waals surface area contributed by atoms with Crippen molar-refractivity contribution in [2.45, 2.75) is 0 Å². The zero-order valence-corrected chi connectivity index (χ0v) is 7.30. The number of hydrogen-bond donors (Lipinski definition) is 2. The third kappa shape index (κ3) is 1.41. The third-order valence-corrected chi connectivity index (χ3v) is 1.89. The lowest BCUT2D eigenvalue weighted by Crippen LogP contribution is -2.10. The second-order valence-electron chi connectivity index (χ2n) is 2.84. The van der Waals surface area contributed by atoms with Crippen LogP contribution in [0.2, 0.25) is 0 Å². The summed E-state index contributed by atoms with van der Waals surface area (Å²) in [6.07, 6.45) is 2.56. The van der Waals surface area contributed by atoms with Crippen molar-refractivity contribution in [1.82, 2.24) is 4.98 Å². The predicted molar refractivity (Wildman–Crippen MR) is 47.9 cm³/mol. The molecule has 6 nitrogen and oxygen atoms in total. The highest BCUT2D eigenvalue weighted by atomic mass is 16.4. The Kier molecular flexibility index (Phi) is 1.89. The Morgan fingerprint density at radius 2 is 1.93 bits per heavy atom. The van der Waals surface area contributed by atoms with Crippen LogP contribution in [0.15, 0.2) is 23.0 Å². The number of aromatic carboxylic acids is 2. The first-order chi connectivity index (χ1) is 7.09. The Bertz CT molecular complexity index is 509. The van der Waals surface area contributed by atoms with Gasteiger partial charge in [-0.05, 0) is 6.07 Å². The molecule has 2 heterocycles. The number of pyridine rings is 1. The molecule has 6 heteroatoms. The van der Waals surface area contributed by atoms with E-state index in [1.54, 1.807) is 0 Å². The first-order valence-electron chi connectivity index (χ1n) is 3.93. The number of aromatic nitrogens is 1. The van der Waals surface area contributed by atoms with Crippen molar-refractivity contribution in [2.75, 3.05) is 0 Å².